The molecule has 1 aromatic rings. The fourth-order valence-electron chi connectivity index (χ4n) is 2.77. The van der Waals surface area contributed by atoms with Gasteiger partial charge in [-0.2, -0.15) is 0 Å². The van der Waals surface area contributed by atoms with Crippen LogP contribution in [0.15, 0.2) is 24.3 Å². The maximum Gasteiger partial charge on any atom is 0.261 e. The molecule has 132 valence electrons. The molecule has 3 rings (SSSR count). The summed E-state index contributed by atoms with van der Waals surface area (Å²) in [7, 11) is 0. The number of imide groups is 1. The normalized spacial score (nSPS) is 15.9. The van der Waals surface area contributed by atoms with Gasteiger partial charge >= 0.3 is 0 Å². The van der Waals surface area contributed by atoms with Gasteiger partial charge in [-0.25, -0.2) is 0 Å². The van der Waals surface area contributed by atoms with Gasteiger partial charge in [-0.3, -0.25) is 24.1 Å². The Balaban J connectivity index is 1.35. The minimum Gasteiger partial charge on any atom is -0.356 e. The Morgan fingerprint density at radius 3 is 2.24 bits per heavy atom. The van der Waals surface area contributed by atoms with Crippen LogP contribution >= 0.6 is 0 Å². The van der Waals surface area contributed by atoms with Crippen molar-refractivity contribution in [3.05, 3.63) is 35.4 Å². The van der Waals surface area contributed by atoms with E-state index in [1.165, 1.54) is 4.90 Å². The van der Waals surface area contributed by atoms with Gasteiger partial charge in [0.05, 0.1) is 11.1 Å². The van der Waals surface area contributed by atoms with Crippen LogP contribution in [0.2, 0.25) is 0 Å². The molecule has 0 spiro atoms. The molecule has 1 aromatic carbocycles. The molecule has 2 N–H and O–H groups in total. The summed E-state index contributed by atoms with van der Waals surface area (Å²) in [6.45, 7) is 0.506. The molecule has 2 aliphatic rings. The second-order valence-corrected chi connectivity index (χ2v) is 6.35. The Labute approximate surface area is 145 Å². The lowest BCUT2D eigenvalue weighted by molar-refractivity contribution is -0.122. The van der Waals surface area contributed by atoms with Crippen LogP contribution in [0, 0.1) is 0 Å². The van der Waals surface area contributed by atoms with Crippen molar-refractivity contribution in [3.63, 3.8) is 0 Å². The second kappa shape index (κ2) is 7.46. The minimum atomic E-state index is -0.308. The van der Waals surface area contributed by atoms with E-state index >= 15 is 0 Å². The van der Waals surface area contributed by atoms with E-state index in [9.17, 15) is 19.2 Å². The highest BCUT2D eigenvalue weighted by molar-refractivity contribution is 6.21. The van der Waals surface area contributed by atoms with Crippen LogP contribution < -0.4 is 10.6 Å². The summed E-state index contributed by atoms with van der Waals surface area (Å²) in [6, 6.07) is 7.03. The zero-order valence-corrected chi connectivity index (χ0v) is 13.9. The van der Waals surface area contributed by atoms with Crippen LogP contribution in [-0.2, 0) is 9.59 Å². The number of hydrogen-bond acceptors (Lipinski definition) is 4. The van der Waals surface area contributed by atoms with Crippen LogP contribution in [0.1, 0.15) is 52.8 Å². The number of rotatable bonds is 8. The molecule has 7 heteroatoms. The van der Waals surface area contributed by atoms with Crippen molar-refractivity contribution < 1.29 is 19.2 Å². The van der Waals surface area contributed by atoms with E-state index in [0.717, 1.165) is 12.8 Å². The van der Waals surface area contributed by atoms with E-state index in [0.29, 0.717) is 30.1 Å². The second-order valence-electron chi connectivity index (χ2n) is 6.35. The summed E-state index contributed by atoms with van der Waals surface area (Å²) in [5.41, 5.74) is 0.831. The van der Waals surface area contributed by atoms with Crippen molar-refractivity contribution in [3.8, 4) is 0 Å². The highest BCUT2D eigenvalue weighted by Crippen LogP contribution is 2.22. The molecule has 0 atom stereocenters. The average molecular weight is 343 g/mol. The molecule has 1 aliphatic heterocycles. The van der Waals surface area contributed by atoms with Crippen LogP contribution in [0.5, 0.6) is 0 Å². The number of hydrogen-bond donors (Lipinski definition) is 2. The molecular formula is C18H21N3O4. The SMILES string of the molecule is O=C(CCCN1C(=O)c2ccccc2C1=O)NCCC(=O)NC1CC1. The van der Waals surface area contributed by atoms with Gasteiger partial charge in [0.15, 0.2) is 0 Å². The number of carbonyl (C=O) groups excluding carboxylic acids is 4. The average Bonchev–Trinajstić information content (AvgIpc) is 3.37. The van der Waals surface area contributed by atoms with E-state index in [-0.39, 0.29) is 43.0 Å². The smallest absolute Gasteiger partial charge is 0.261 e. The van der Waals surface area contributed by atoms with E-state index in [4.69, 9.17) is 0 Å². The van der Waals surface area contributed by atoms with Gasteiger partial charge in [0.1, 0.15) is 0 Å². The van der Waals surface area contributed by atoms with Crippen molar-refractivity contribution in [1.82, 2.24) is 15.5 Å². The molecule has 0 aromatic heterocycles. The fourth-order valence-corrected chi connectivity index (χ4v) is 2.77. The lowest BCUT2D eigenvalue weighted by Gasteiger charge is -2.13. The molecule has 1 aliphatic carbocycles. The van der Waals surface area contributed by atoms with E-state index in [1.807, 2.05) is 0 Å². The van der Waals surface area contributed by atoms with Gasteiger partial charge in [-0.15, -0.1) is 0 Å². The monoisotopic (exact) mass is 343 g/mol. The summed E-state index contributed by atoms with van der Waals surface area (Å²) < 4.78 is 0. The molecule has 0 saturated heterocycles. The number of benzene rings is 1. The van der Waals surface area contributed by atoms with E-state index in [1.54, 1.807) is 24.3 Å². The van der Waals surface area contributed by atoms with Gasteiger partial charge in [-0.05, 0) is 31.4 Å². The number of amides is 4. The van der Waals surface area contributed by atoms with Crippen molar-refractivity contribution in [1.29, 1.82) is 0 Å². The summed E-state index contributed by atoms with van der Waals surface area (Å²) in [6.07, 6.45) is 2.94. The van der Waals surface area contributed by atoms with Crippen LogP contribution in [-0.4, -0.2) is 47.7 Å². The van der Waals surface area contributed by atoms with Crippen LogP contribution in [0.25, 0.3) is 0 Å². The molecular weight excluding hydrogens is 322 g/mol. The van der Waals surface area contributed by atoms with Gasteiger partial charge in [-0.1, -0.05) is 12.1 Å². The quantitative estimate of drug-likeness (QED) is 0.684. The minimum absolute atomic E-state index is 0.0474. The summed E-state index contributed by atoms with van der Waals surface area (Å²) in [5, 5.41) is 5.54. The molecule has 0 unspecified atom stereocenters. The zero-order chi connectivity index (χ0) is 17.8. The molecule has 0 bridgehead atoms. The predicted octanol–water partition coefficient (Wildman–Crippen LogP) is 0.848. The van der Waals surface area contributed by atoms with Crippen molar-refractivity contribution in [2.75, 3.05) is 13.1 Å². The highest BCUT2D eigenvalue weighted by Gasteiger charge is 2.34. The maximum atomic E-state index is 12.2. The van der Waals surface area contributed by atoms with Crippen molar-refractivity contribution in [2.24, 2.45) is 0 Å². The first kappa shape index (κ1) is 17.1. The Bertz CT molecular complexity index is 677. The number of nitrogens with zero attached hydrogens (tertiary/aromatic N) is 1. The molecule has 1 fully saturated rings. The summed E-state index contributed by atoms with van der Waals surface area (Å²) >= 11 is 0. The lowest BCUT2D eigenvalue weighted by Crippen LogP contribution is -2.33. The highest BCUT2D eigenvalue weighted by atomic mass is 16.2. The molecule has 25 heavy (non-hydrogen) atoms. The van der Waals surface area contributed by atoms with Gasteiger partial charge in [0.25, 0.3) is 11.8 Å². The number of nitrogens with one attached hydrogen (secondary N) is 2. The predicted molar refractivity (Wildman–Crippen MR) is 89.8 cm³/mol. The van der Waals surface area contributed by atoms with Gasteiger partial charge in [0, 0.05) is 32.0 Å². The van der Waals surface area contributed by atoms with Crippen molar-refractivity contribution in [2.45, 2.75) is 38.1 Å². The van der Waals surface area contributed by atoms with Crippen molar-refractivity contribution >= 4 is 23.6 Å². The molecule has 7 nitrogen and oxygen atoms in total. The topological polar surface area (TPSA) is 95.6 Å². The molecule has 4 amide bonds. The first-order chi connectivity index (χ1) is 12.1. The molecule has 1 heterocycles. The molecule has 0 radical (unpaired) electrons. The standard InChI is InChI=1S/C18H21N3O4/c22-15(19-10-9-16(23)20-12-7-8-12)6-3-11-21-17(24)13-4-1-2-5-14(13)18(21)25/h1-2,4-5,12H,3,6-11H2,(H,19,22)(H,20,23). The third-order valence-electron chi connectivity index (χ3n) is 4.28. The van der Waals surface area contributed by atoms with Crippen LogP contribution in [0.3, 0.4) is 0 Å². The van der Waals surface area contributed by atoms with E-state index in [2.05, 4.69) is 10.6 Å². The lowest BCUT2D eigenvalue weighted by atomic mass is 10.1. The Hall–Kier alpha value is -2.70. The Kier molecular flexibility index (Phi) is 5.11. The maximum absolute atomic E-state index is 12.2. The number of fused-ring (bicyclic) bond motifs is 1. The number of carbonyl (C=O) groups is 4. The third kappa shape index (κ3) is 4.23. The summed E-state index contributed by atoms with van der Waals surface area (Å²) in [4.78, 5) is 48.8. The largest absolute Gasteiger partial charge is 0.356 e. The Morgan fingerprint density at radius 1 is 1.00 bits per heavy atom. The fraction of sp³-hybridized carbons (Fsp3) is 0.444. The molecule has 1 saturated carbocycles. The first-order valence-electron chi connectivity index (χ1n) is 8.57. The Morgan fingerprint density at radius 2 is 1.64 bits per heavy atom. The third-order valence-corrected chi connectivity index (χ3v) is 4.28. The first-order valence-corrected chi connectivity index (χ1v) is 8.57. The zero-order valence-electron chi connectivity index (χ0n) is 13.9. The van der Waals surface area contributed by atoms with E-state index < -0.39 is 0 Å². The summed E-state index contributed by atoms with van der Waals surface area (Å²) in [5.74, 6) is -0.847. The van der Waals surface area contributed by atoms with Crippen LogP contribution in [0.4, 0.5) is 0 Å². The van der Waals surface area contributed by atoms with Gasteiger partial charge < -0.3 is 10.6 Å². The van der Waals surface area contributed by atoms with Gasteiger partial charge in [0.2, 0.25) is 11.8 Å².